The first-order chi connectivity index (χ1) is 8.69. The lowest BCUT2D eigenvalue weighted by Crippen LogP contribution is -2.05. The normalized spacial score (nSPS) is 10.6. The Labute approximate surface area is 110 Å². The van der Waals surface area contributed by atoms with Crippen molar-refractivity contribution in [3.05, 3.63) is 40.5 Å². The summed E-state index contributed by atoms with van der Waals surface area (Å²) in [5.41, 5.74) is 1.10. The molecule has 96 valence electrons. The van der Waals surface area contributed by atoms with E-state index in [4.69, 9.17) is 20.9 Å². The van der Waals surface area contributed by atoms with Crippen molar-refractivity contribution in [2.45, 2.75) is 20.1 Å². The smallest absolute Gasteiger partial charge is 0.223 e. The molecule has 1 aromatic carbocycles. The van der Waals surface area contributed by atoms with Crippen LogP contribution in [0.5, 0.6) is 5.75 Å². The minimum Gasteiger partial charge on any atom is -0.484 e. The lowest BCUT2D eigenvalue weighted by Gasteiger charge is -2.07. The fourth-order valence-corrected chi connectivity index (χ4v) is 1.78. The van der Waals surface area contributed by atoms with Crippen molar-refractivity contribution in [2.75, 3.05) is 7.05 Å². The number of rotatable bonds is 5. The highest BCUT2D eigenvalue weighted by Crippen LogP contribution is 2.26. The minimum absolute atomic E-state index is 0.239. The Morgan fingerprint density at radius 2 is 2.28 bits per heavy atom. The summed E-state index contributed by atoms with van der Waals surface area (Å²) in [5, 5.41) is 7.37. The highest BCUT2D eigenvalue weighted by Gasteiger charge is 2.06. The zero-order valence-corrected chi connectivity index (χ0v) is 11.0. The second-order valence-electron chi connectivity index (χ2n) is 3.81. The summed E-state index contributed by atoms with van der Waals surface area (Å²) in [6, 6.07) is 5.66. The molecule has 6 heteroatoms. The Morgan fingerprint density at radius 3 is 2.89 bits per heavy atom. The third-order valence-corrected chi connectivity index (χ3v) is 2.60. The third kappa shape index (κ3) is 3.21. The Balaban J connectivity index is 2.01. The van der Waals surface area contributed by atoms with E-state index in [2.05, 4.69) is 15.5 Å². The molecule has 0 radical (unpaired) electrons. The van der Waals surface area contributed by atoms with Crippen LogP contribution in [0.1, 0.15) is 17.3 Å². The van der Waals surface area contributed by atoms with Gasteiger partial charge in [0, 0.05) is 13.5 Å². The van der Waals surface area contributed by atoms with Crippen LogP contribution < -0.4 is 10.1 Å². The molecule has 1 heterocycles. The maximum absolute atomic E-state index is 6.12. The second-order valence-corrected chi connectivity index (χ2v) is 4.22. The Morgan fingerprint density at radius 1 is 1.44 bits per heavy atom. The maximum atomic E-state index is 6.12. The summed E-state index contributed by atoms with van der Waals surface area (Å²) in [6.07, 6.45) is 0. The van der Waals surface area contributed by atoms with Gasteiger partial charge < -0.3 is 14.6 Å². The molecule has 0 bridgehead atoms. The molecule has 0 amide bonds. The predicted molar refractivity (Wildman–Crippen MR) is 67.6 cm³/mol. The van der Waals surface area contributed by atoms with Crippen LogP contribution in [0.4, 0.5) is 0 Å². The van der Waals surface area contributed by atoms with Crippen LogP contribution in [0, 0.1) is 6.92 Å². The number of aryl methyl sites for hydroxylation is 1. The number of nitrogens with one attached hydrogen (secondary N) is 1. The molecular weight excluding hydrogens is 254 g/mol. The topological polar surface area (TPSA) is 60.2 Å². The molecule has 0 atom stereocenters. The summed E-state index contributed by atoms with van der Waals surface area (Å²) >= 11 is 6.12. The molecule has 2 rings (SSSR count). The van der Waals surface area contributed by atoms with Crippen LogP contribution >= 0.6 is 11.6 Å². The first-order valence-electron chi connectivity index (χ1n) is 5.54. The van der Waals surface area contributed by atoms with Gasteiger partial charge in [-0.3, -0.25) is 0 Å². The molecule has 1 N–H and O–H groups in total. The molecule has 0 saturated heterocycles. The summed E-state index contributed by atoms with van der Waals surface area (Å²) < 4.78 is 10.4. The van der Waals surface area contributed by atoms with E-state index in [9.17, 15) is 0 Å². The molecule has 1 aromatic heterocycles. The Bertz CT molecular complexity index is 528. The minimum atomic E-state index is 0.239. The van der Waals surface area contributed by atoms with E-state index in [1.54, 1.807) is 6.92 Å². The van der Waals surface area contributed by atoms with E-state index < -0.39 is 0 Å². The van der Waals surface area contributed by atoms with Crippen LogP contribution in [0.2, 0.25) is 5.02 Å². The van der Waals surface area contributed by atoms with Crippen LogP contribution in [0.25, 0.3) is 0 Å². The SMILES string of the molecule is CNCc1ccc(OCc2noc(C)n2)c(Cl)c1. The summed E-state index contributed by atoms with van der Waals surface area (Å²) in [7, 11) is 1.89. The van der Waals surface area contributed by atoms with Gasteiger partial charge in [0.05, 0.1) is 5.02 Å². The first-order valence-corrected chi connectivity index (χ1v) is 5.92. The molecule has 0 saturated carbocycles. The standard InChI is InChI=1S/C12H14ClN3O2/c1-8-15-12(16-18-8)7-17-11-4-3-9(6-14-2)5-10(11)13/h3-5,14H,6-7H2,1-2H3. The highest BCUT2D eigenvalue weighted by molar-refractivity contribution is 6.32. The third-order valence-electron chi connectivity index (χ3n) is 2.30. The summed E-state index contributed by atoms with van der Waals surface area (Å²) in [5.74, 6) is 1.63. The van der Waals surface area contributed by atoms with Crippen LogP contribution in [-0.2, 0) is 13.2 Å². The van der Waals surface area contributed by atoms with E-state index in [0.717, 1.165) is 12.1 Å². The molecule has 18 heavy (non-hydrogen) atoms. The van der Waals surface area contributed by atoms with E-state index in [-0.39, 0.29) is 6.61 Å². The van der Waals surface area contributed by atoms with Crippen molar-refractivity contribution >= 4 is 11.6 Å². The zero-order valence-electron chi connectivity index (χ0n) is 10.2. The zero-order chi connectivity index (χ0) is 13.0. The number of nitrogens with zero attached hydrogens (tertiary/aromatic N) is 2. The first kappa shape index (κ1) is 12.9. The number of aromatic nitrogens is 2. The molecule has 0 aliphatic rings. The number of benzene rings is 1. The van der Waals surface area contributed by atoms with Gasteiger partial charge in [-0.15, -0.1) is 0 Å². The number of hydrogen-bond acceptors (Lipinski definition) is 5. The molecular formula is C12H14ClN3O2. The highest BCUT2D eigenvalue weighted by atomic mass is 35.5. The Kier molecular flexibility index (Phi) is 4.17. The largest absolute Gasteiger partial charge is 0.484 e. The van der Waals surface area contributed by atoms with Gasteiger partial charge in [0.15, 0.2) is 6.61 Å². The van der Waals surface area contributed by atoms with Gasteiger partial charge in [-0.25, -0.2) is 0 Å². The quantitative estimate of drug-likeness (QED) is 0.901. The maximum Gasteiger partial charge on any atom is 0.223 e. The molecule has 5 nitrogen and oxygen atoms in total. The number of ether oxygens (including phenoxy) is 1. The van der Waals surface area contributed by atoms with E-state index >= 15 is 0 Å². The van der Waals surface area contributed by atoms with Crippen molar-refractivity contribution in [1.82, 2.24) is 15.5 Å². The van der Waals surface area contributed by atoms with Crippen molar-refractivity contribution in [2.24, 2.45) is 0 Å². The predicted octanol–water partition coefficient (Wildman–Crippen LogP) is 2.33. The van der Waals surface area contributed by atoms with Gasteiger partial charge in [-0.2, -0.15) is 4.98 Å². The molecule has 0 aliphatic carbocycles. The molecule has 0 aliphatic heterocycles. The van der Waals surface area contributed by atoms with Gasteiger partial charge in [0.1, 0.15) is 5.75 Å². The van der Waals surface area contributed by atoms with Crippen LogP contribution in [0.3, 0.4) is 0 Å². The second kappa shape index (κ2) is 5.84. The van der Waals surface area contributed by atoms with Gasteiger partial charge in [-0.1, -0.05) is 22.8 Å². The van der Waals surface area contributed by atoms with Crippen molar-refractivity contribution in [1.29, 1.82) is 0 Å². The van der Waals surface area contributed by atoms with Gasteiger partial charge in [-0.05, 0) is 24.7 Å². The molecule has 0 spiro atoms. The lowest BCUT2D eigenvalue weighted by molar-refractivity contribution is 0.286. The van der Waals surface area contributed by atoms with E-state index in [1.165, 1.54) is 0 Å². The number of halogens is 1. The van der Waals surface area contributed by atoms with E-state index in [0.29, 0.717) is 22.5 Å². The summed E-state index contributed by atoms with van der Waals surface area (Å²) in [4.78, 5) is 4.05. The number of hydrogen-bond donors (Lipinski definition) is 1. The molecule has 2 aromatic rings. The molecule has 0 unspecified atom stereocenters. The monoisotopic (exact) mass is 267 g/mol. The summed E-state index contributed by atoms with van der Waals surface area (Å²) in [6.45, 7) is 2.74. The lowest BCUT2D eigenvalue weighted by atomic mass is 10.2. The average molecular weight is 268 g/mol. The fraction of sp³-hybridized carbons (Fsp3) is 0.333. The van der Waals surface area contributed by atoms with E-state index in [1.807, 2.05) is 25.2 Å². The fourth-order valence-electron chi connectivity index (χ4n) is 1.52. The van der Waals surface area contributed by atoms with Gasteiger partial charge in [0.2, 0.25) is 11.7 Å². The van der Waals surface area contributed by atoms with Gasteiger partial charge in [0.25, 0.3) is 0 Å². The van der Waals surface area contributed by atoms with Crippen molar-refractivity contribution in [3.8, 4) is 5.75 Å². The van der Waals surface area contributed by atoms with Gasteiger partial charge >= 0.3 is 0 Å². The van der Waals surface area contributed by atoms with Crippen molar-refractivity contribution < 1.29 is 9.26 Å². The Hall–Kier alpha value is -1.59. The van der Waals surface area contributed by atoms with Crippen LogP contribution in [-0.4, -0.2) is 17.2 Å². The molecule has 0 fully saturated rings. The average Bonchev–Trinajstić information content (AvgIpc) is 2.74. The van der Waals surface area contributed by atoms with Crippen LogP contribution in [0.15, 0.2) is 22.7 Å². The van der Waals surface area contributed by atoms with Crippen molar-refractivity contribution in [3.63, 3.8) is 0 Å².